The van der Waals surface area contributed by atoms with Crippen LogP contribution in [-0.2, 0) is 4.74 Å². The van der Waals surface area contributed by atoms with Crippen molar-refractivity contribution in [1.82, 2.24) is 0 Å². The van der Waals surface area contributed by atoms with Crippen molar-refractivity contribution >= 4 is 16.5 Å². The second-order valence-electron chi connectivity index (χ2n) is 5.73. The summed E-state index contributed by atoms with van der Waals surface area (Å²) in [6.45, 7) is 2.80. The SMILES string of the molecule is CN(CC1CCOCC1)c1ccc(C#N)c2ccccc12. The number of hydrogen-bond acceptors (Lipinski definition) is 3. The second kappa shape index (κ2) is 6.15. The summed E-state index contributed by atoms with van der Waals surface area (Å²) in [6, 6.07) is 14.4. The maximum Gasteiger partial charge on any atom is 0.0998 e. The van der Waals surface area contributed by atoms with Crippen LogP contribution >= 0.6 is 0 Å². The van der Waals surface area contributed by atoms with E-state index in [2.05, 4.69) is 30.1 Å². The van der Waals surface area contributed by atoms with E-state index in [1.165, 1.54) is 5.69 Å². The Hall–Kier alpha value is -2.05. The highest BCUT2D eigenvalue weighted by atomic mass is 16.5. The number of ether oxygens (including phenoxy) is 1. The van der Waals surface area contributed by atoms with Gasteiger partial charge in [0, 0.05) is 43.3 Å². The Labute approximate surface area is 125 Å². The van der Waals surface area contributed by atoms with Crippen LogP contribution in [0.2, 0.25) is 0 Å². The molecular formula is C18H20N2O. The summed E-state index contributed by atoms with van der Waals surface area (Å²) in [6.07, 6.45) is 2.27. The normalized spacial score (nSPS) is 15.8. The molecule has 0 aliphatic carbocycles. The van der Waals surface area contributed by atoms with Gasteiger partial charge < -0.3 is 9.64 Å². The van der Waals surface area contributed by atoms with Gasteiger partial charge in [-0.15, -0.1) is 0 Å². The number of rotatable bonds is 3. The Bertz CT molecular complexity index is 668. The molecule has 0 bridgehead atoms. The topological polar surface area (TPSA) is 36.3 Å². The summed E-state index contributed by atoms with van der Waals surface area (Å²) in [4.78, 5) is 2.32. The third-order valence-corrected chi connectivity index (χ3v) is 4.31. The number of benzene rings is 2. The van der Waals surface area contributed by atoms with E-state index in [9.17, 15) is 5.26 Å². The van der Waals surface area contributed by atoms with Crippen LogP contribution in [0.25, 0.3) is 10.8 Å². The zero-order valence-electron chi connectivity index (χ0n) is 12.4. The van der Waals surface area contributed by atoms with Crippen molar-refractivity contribution in [3.63, 3.8) is 0 Å². The molecule has 108 valence electrons. The monoisotopic (exact) mass is 280 g/mol. The van der Waals surface area contributed by atoms with Crippen LogP contribution in [0.4, 0.5) is 5.69 Å². The summed E-state index contributed by atoms with van der Waals surface area (Å²) in [5.74, 6) is 0.693. The zero-order chi connectivity index (χ0) is 14.7. The molecule has 1 heterocycles. The Morgan fingerprint density at radius 1 is 1.14 bits per heavy atom. The van der Waals surface area contributed by atoms with Crippen molar-refractivity contribution in [2.75, 3.05) is 31.7 Å². The lowest BCUT2D eigenvalue weighted by Gasteiger charge is -2.29. The zero-order valence-corrected chi connectivity index (χ0v) is 12.4. The fourth-order valence-corrected chi connectivity index (χ4v) is 3.13. The predicted octanol–water partition coefficient (Wildman–Crippen LogP) is 3.57. The Balaban J connectivity index is 1.91. The van der Waals surface area contributed by atoms with Gasteiger partial charge in [-0.2, -0.15) is 5.26 Å². The summed E-state index contributed by atoms with van der Waals surface area (Å²) in [7, 11) is 2.14. The van der Waals surface area contributed by atoms with Gasteiger partial charge in [0.15, 0.2) is 0 Å². The van der Waals surface area contributed by atoms with E-state index in [0.717, 1.165) is 48.9 Å². The highest BCUT2D eigenvalue weighted by Gasteiger charge is 2.17. The smallest absolute Gasteiger partial charge is 0.0998 e. The third kappa shape index (κ3) is 2.86. The van der Waals surface area contributed by atoms with Crippen molar-refractivity contribution in [2.45, 2.75) is 12.8 Å². The van der Waals surface area contributed by atoms with Gasteiger partial charge in [0.25, 0.3) is 0 Å². The molecule has 0 saturated carbocycles. The molecule has 0 atom stereocenters. The van der Waals surface area contributed by atoms with E-state index in [4.69, 9.17) is 4.74 Å². The van der Waals surface area contributed by atoms with Crippen LogP contribution in [0.1, 0.15) is 18.4 Å². The maximum atomic E-state index is 9.25. The summed E-state index contributed by atoms with van der Waals surface area (Å²) < 4.78 is 5.43. The minimum atomic E-state index is 0.693. The highest BCUT2D eigenvalue weighted by molar-refractivity contribution is 5.97. The van der Waals surface area contributed by atoms with Gasteiger partial charge in [0.05, 0.1) is 11.6 Å². The highest BCUT2D eigenvalue weighted by Crippen LogP contribution is 2.30. The molecule has 0 radical (unpaired) electrons. The van der Waals surface area contributed by atoms with Gasteiger partial charge in [-0.05, 0) is 30.9 Å². The summed E-state index contributed by atoms with van der Waals surface area (Å²) in [5, 5.41) is 11.4. The molecule has 21 heavy (non-hydrogen) atoms. The van der Waals surface area contributed by atoms with Crippen molar-refractivity contribution in [3.8, 4) is 6.07 Å². The quantitative estimate of drug-likeness (QED) is 0.862. The van der Waals surface area contributed by atoms with Gasteiger partial charge in [0.2, 0.25) is 0 Å². The third-order valence-electron chi connectivity index (χ3n) is 4.31. The largest absolute Gasteiger partial charge is 0.381 e. The Kier molecular flexibility index (Phi) is 4.08. The molecule has 0 aromatic heterocycles. The average Bonchev–Trinajstić information content (AvgIpc) is 2.54. The molecule has 1 aliphatic rings. The van der Waals surface area contributed by atoms with E-state index < -0.39 is 0 Å². The Morgan fingerprint density at radius 3 is 2.57 bits per heavy atom. The van der Waals surface area contributed by atoms with Gasteiger partial charge in [0.1, 0.15) is 0 Å². The van der Waals surface area contributed by atoms with E-state index in [1.54, 1.807) is 0 Å². The summed E-state index contributed by atoms with van der Waals surface area (Å²) in [5.41, 5.74) is 1.95. The maximum absolute atomic E-state index is 9.25. The van der Waals surface area contributed by atoms with Crippen LogP contribution in [0.15, 0.2) is 36.4 Å². The lowest BCUT2D eigenvalue weighted by Crippen LogP contribution is -2.29. The number of anilines is 1. The fraction of sp³-hybridized carbons (Fsp3) is 0.389. The van der Waals surface area contributed by atoms with E-state index in [-0.39, 0.29) is 0 Å². The lowest BCUT2D eigenvalue weighted by atomic mass is 9.98. The van der Waals surface area contributed by atoms with Crippen LogP contribution < -0.4 is 4.90 Å². The minimum Gasteiger partial charge on any atom is -0.381 e. The van der Waals surface area contributed by atoms with Crippen molar-refractivity contribution in [2.24, 2.45) is 5.92 Å². The first-order valence-electron chi connectivity index (χ1n) is 7.50. The van der Waals surface area contributed by atoms with Crippen LogP contribution in [-0.4, -0.2) is 26.8 Å². The second-order valence-corrected chi connectivity index (χ2v) is 5.73. The van der Waals surface area contributed by atoms with E-state index in [1.807, 2.05) is 24.3 Å². The predicted molar refractivity (Wildman–Crippen MR) is 85.5 cm³/mol. The molecule has 1 aliphatic heterocycles. The van der Waals surface area contributed by atoms with Crippen LogP contribution in [0.3, 0.4) is 0 Å². The molecule has 0 N–H and O–H groups in total. The average molecular weight is 280 g/mol. The first-order chi connectivity index (χ1) is 10.3. The fourth-order valence-electron chi connectivity index (χ4n) is 3.13. The number of hydrogen-bond donors (Lipinski definition) is 0. The molecule has 1 fully saturated rings. The molecule has 2 aromatic rings. The molecule has 2 aromatic carbocycles. The van der Waals surface area contributed by atoms with Gasteiger partial charge in [-0.3, -0.25) is 0 Å². The molecule has 1 saturated heterocycles. The molecule has 0 amide bonds. The number of fused-ring (bicyclic) bond motifs is 1. The number of nitrogens with zero attached hydrogens (tertiary/aromatic N) is 2. The number of nitriles is 1. The van der Waals surface area contributed by atoms with E-state index >= 15 is 0 Å². The first-order valence-corrected chi connectivity index (χ1v) is 7.50. The molecule has 0 spiro atoms. The van der Waals surface area contributed by atoms with Crippen LogP contribution in [0.5, 0.6) is 0 Å². The first kappa shape index (κ1) is 13.9. The molecule has 3 heteroatoms. The lowest BCUT2D eigenvalue weighted by molar-refractivity contribution is 0.0685. The standard InChI is InChI=1S/C18H20N2O/c1-20(13-14-8-10-21-11-9-14)18-7-6-15(12-19)16-4-2-3-5-17(16)18/h2-7,14H,8-11,13H2,1H3. The Morgan fingerprint density at radius 2 is 1.86 bits per heavy atom. The van der Waals surface area contributed by atoms with Gasteiger partial charge in [-0.1, -0.05) is 24.3 Å². The molecule has 3 nitrogen and oxygen atoms in total. The van der Waals surface area contributed by atoms with Crippen LogP contribution in [0, 0.1) is 17.2 Å². The van der Waals surface area contributed by atoms with Gasteiger partial charge in [-0.25, -0.2) is 0 Å². The molecular weight excluding hydrogens is 260 g/mol. The molecule has 3 rings (SSSR count). The van der Waals surface area contributed by atoms with Gasteiger partial charge >= 0.3 is 0 Å². The van der Waals surface area contributed by atoms with Crippen molar-refractivity contribution in [1.29, 1.82) is 5.26 Å². The van der Waals surface area contributed by atoms with Crippen molar-refractivity contribution < 1.29 is 4.74 Å². The molecule has 0 unspecified atom stereocenters. The minimum absolute atomic E-state index is 0.693. The summed E-state index contributed by atoms with van der Waals surface area (Å²) >= 11 is 0. The van der Waals surface area contributed by atoms with E-state index in [0.29, 0.717) is 5.92 Å². The van der Waals surface area contributed by atoms with Crippen molar-refractivity contribution in [3.05, 3.63) is 42.0 Å².